The van der Waals surface area contributed by atoms with E-state index in [1.54, 1.807) is 12.0 Å². The highest BCUT2D eigenvalue weighted by atomic mass is 16.5. The minimum Gasteiger partial charge on any atom is -0.496 e. The fourth-order valence-electron chi connectivity index (χ4n) is 3.07. The number of nitrogens with one attached hydrogen (secondary N) is 1. The van der Waals surface area contributed by atoms with Crippen LogP contribution in [0.25, 0.3) is 0 Å². The molecule has 1 aromatic heterocycles. The maximum atomic E-state index is 12.8. The number of H-pyrrole nitrogens is 1. The highest BCUT2D eigenvalue weighted by Gasteiger charge is 2.26. The molecule has 0 atom stereocenters. The summed E-state index contributed by atoms with van der Waals surface area (Å²) in [6.45, 7) is 4.14. The van der Waals surface area contributed by atoms with Gasteiger partial charge in [-0.05, 0) is 30.7 Å². The van der Waals surface area contributed by atoms with Crippen molar-refractivity contribution in [2.24, 2.45) is 0 Å². The van der Waals surface area contributed by atoms with E-state index in [4.69, 9.17) is 4.74 Å². The summed E-state index contributed by atoms with van der Waals surface area (Å²) in [6.07, 6.45) is 4.04. The van der Waals surface area contributed by atoms with E-state index in [-0.39, 0.29) is 11.8 Å². The molecule has 0 spiro atoms. The van der Waals surface area contributed by atoms with Gasteiger partial charge in [-0.15, -0.1) is 0 Å². The zero-order valence-corrected chi connectivity index (χ0v) is 14.6. The van der Waals surface area contributed by atoms with Crippen LogP contribution in [0.15, 0.2) is 36.7 Å². The highest BCUT2D eigenvalue weighted by Crippen LogP contribution is 2.22. The van der Waals surface area contributed by atoms with Crippen LogP contribution in [0, 0.1) is 6.92 Å². The highest BCUT2D eigenvalue weighted by molar-refractivity contribution is 5.97. The summed E-state index contributed by atoms with van der Waals surface area (Å²) in [6, 6.07) is 7.50. The molecule has 132 valence electrons. The summed E-state index contributed by atoms with van der Waals surface area (Å²) in [7, 11) is 1.57. The first-order chi connectivity index (χ1) is 12.1. The summed E-state index contributed by atoms with van der Waals surface area (Å²) in [5.41, 5.74) is 2.58. The van der Waals surface area contributed by atoms with Crippen molar-refractivity contribution in [3.63, 3.8) is 0 Å². The Morgan fingerprint density at radius 2 is 1.84 bits per heavy atom. The molecule has 6 heteroatoms. The third-order valence-corrected chi connectivity index (χ3v) is 4.52. The Bertz CT molecular complexity index is 747. The molecule has 0 aliphatic carbocycles. The Morgan fingerprint density at radius 3 is 2.48 bits per heavy atom. The Balaban J connectivity index is 1.61. The molecule has 0 saturated carbocycles. The summed E-state index contributed by atoms with van der Waals surface area (Å²) >= 11 is 0. The summed E-state index contributed by atoms with van der Waals surface area (Å²) in [4.78, 5) is 31.7. The second-order valence-corrected chi connectivity index (χ2v) is 6.27. The normalized spacial score (nSPS) is 14.5. The first kappa shape index (κ1) is 17.1. The summed E-state index contributed by atoms with van der Waals surface area (Å²) in [5, 5.41) is 0. The quantitative estimate of drug-likeness (QED) is 0.923. The molecular weight excluding hydrogens is 318 g/mol. The molecule has 2 heterocycles. The lowest BCUT2D eigenvalue weighted by Crippen LogP contribution is -2.51. The van der Waals surface area contributed by atoms with Crippen molar-refractivity contribution in [1.29, 1.82) is 0 Å². The molecule has 1 fully saturated rings. The van der Waals surface area contributed by atoms with E-state index < -0.39 is 0 Å². The number of carbonyl (C=O) groups is 2. The first-order valence-corrected chi connectivity index (χ1v) is 8.42. The number of nitrogens with zero attached hydrogens (tertiary/aromatic N) is 2. The molecule has 0 bridgehead atoms. The van der Waals surface area contributed by atoms with Crippen LogP contribution >= 0.6 is 0 Å². The van der Waals surface area contributed by atoms with Crippen LogP contribution in [-0.4, -0.2) is 59.9 Å². The first-order valence-electron chi connectivity index (χ1n) is 8.42. The van der Waals surface area contributed by atoms with E-state index in [0.717, 1.165) is 11.1 Å². The zero-order valence-electron chi connectivity index (χ0n) is 14.6. The van der Waals surface area contributed by atoms with Gasteiger partial charge in [0, 0.05) is 38.6 Å². The fraction of sp³-hybridized carbons (Fsp3) is 0.368. The fourth-order valence-corrected chi connectivity index (χ4v) is 3.07. The molecule has 0 unspecified atom stereocenters. The van der Waals surface area contributed by atoms with Gasteiger partial charge in [-0.2, -0.15) is 0 Å². The number of hydrogen-bond acceptors (Lipinski definition) is 3. The van der Waals surface area contributed by atoms with Crippen LogP contribution in [0.5, 0.6) is 5.75 Å². The van der Waals surface area contributed by atoms with Crippen LogP contribution in [-0.2, 0) is 11.2 Å². The molecule has 1 aromatic carbocycles. The zero-order chi connectivity index (χ0) is 17.8. The van der Waals surface area contributed by atoms with Crippen LogP contribution in [0.4, 0.5) is 0 Å². The second kappa shape index (κ2) is 7.42. The van der Waals surface area contributed by atoms with Gasteiger partial charge in [0.05, 0.1) is 19.1 Å². The molecule has 1 saturated heterocycles. The monoisotopic (exact) mass is 341 g/mol. The maximum absolute atomic E-state index is 12.8. The minimum absolute atomic E-state index is 0.0433. The number of carbonyl (C=O) groups excluding carboxylic acids is 2. The standard InChI is InChI=1S/C19H23N3O3/c1-14-3-4-17(25-2)16(11-14)19(24)22-9-7-21(8-10-22)18(23)12-15-5-6-20-13-15/h3-6,11,13,20H,7-10,12H2,1-2H3. The number of piperazine rings is 1. The lowest BCUT2D eigenvalue weighted by atomic mass is 10.1. The smallest absolute Gasteiger partial charge is 0.257 e. The van der Waals surface area contributed by atoms with E-state index in [1.165, 1.54) is 0 Å². The maximum Gasteiger partial charge on any atom is 0.257 e. The molecule has 6 nitrogen and oxygen atoms in total. The summed E-state index contributed by atoms with van der Waals surface area (Å²) in [5.74, 6) is 0.639. The van der Waals surface area contributed by atoms with E-state index >= 15 is 0 Å². The number of ether oxygens (including phenoxy) is 1. The molecule has 1 aliphatic rings. The predicted octanol–water partition coefficient (Wildman–Crippen LogP) is 1.86. The van der Waals surface area contributed by atoms with Crippen molar-refractivity contribution in [3.8, 4) is 5.75 Å². The predicted molar refractivity (Wildman–Crippen MR) is 94.7 cm³/mol. The van der Waals surface area contributed by atoms with Gasteiger partial charge >= 0.3 is 0 Å². The van der Waals surface area contributed by atoms with Crippen LogP contribution in [0.1, 0.15) is 21.5 Å². The molecular formula is C19H23N3O3. The van der Waals surface area contributed by atoms with Gasteiger partial charge in [0.15, 0.2) is 0 Å². The number of aryl methyl sites for hydroxylation is 1. The lowest BCUT2D eigenvalue weighted by Gasteiger charge is -2.35. The lowest BCUT2D eigenvalue weighted by molar-refractivity contribution is -0.131. The van der Waals surface area contributed by atoms with Gasteiger partial charge < -0.3 is 19.5 Å². The van der Waals surface area contributed by atoms with Crippen molar-refractivity contribution >= 4 is 11.8 Å². The number of benzene rings is 1. The SMILES string of the molecule is COc1ccc(C)cc1C(=O)N1CCN(C(=O)Cc2cc[nH]c2)CC1. The van der Waals surface area contributed by atoms with Crippen LogP contribution < -0.4 is 4.74 Å². The topological polar surface area (TPSA) is 65.6 Å². The number of aromatic amines is 1. The number of aromatic nitrogens is 1. The Morgan fingerprint density at radius 1 is 1.12 bits per heavy atom. The van der Waals surface area contributed by atoms with Gasteiger partial charge in [0.25, 0.3) is 5.91 Å². The van der Waals surface area contributed by atoms with Crippen molar-refractivity contribution in [2.45, 2.75) is 13.3 Å². The number of methoxy groups -OCH3 is 1. The molecule has 0 radical (unpaired) electrons. The average molecular weight is 341 g/mol. The Kier molecular flexibility index (Phi) is 5.07. The van der Waals surface area contributed by atoms with Gasteiger partial charge in [0.1, 0.15) is 5.75 Å². The van der Waals surface area contributed by atoms with E-state index in [1.807, 2.05) is 48.5 Å². The van der Waals surface area contributed by atoms with E-state index in [2.05, 4.69) is 4.98 Å². The molecule has 2 amide bonds. The molecule has 2 aromatic rings. The number of amides is 2. The van der Waals surface area contributed by atoms with Gasteiger partial charge in [-0.1, -0.05) is 11.6 Å². The Labute approximate surface area is 147 Å². The van der Waals surface area contributed by atoms with Crippen molar-refractivity contribution in [1.82, 2.24) is 14.8 Å². The van der Waals surface area contributed by atoms with Gasteiger partial charge in [-0.25, -0.2) is 0 Å². The van der Waals surface area contributed by atoms with E-state index in [0.29, 0.717) is 43.9 Å². The average Bonchev–Trinajstić information content (AvgIpc) is 3.14. The van der Waals surface area contributed by atoms with E-state index in [9.17, 15) is 9.59 Å². The van der Waals surface area contributed by atoms with Crippen LogP contribution in [0.2, 0.25) is 0 Å². The van der Waals surface area contributed by atoms with Crippen LogP contribution in [0.3, 0.4) is 0 Å². The number of rotatable bonds is 4. The van der Waals surface area contributed by atoms with Crippen molar-refractivity contribution in [2.75, 3.05) is 33.3 Å². The minimum atomic E-state index is -0.0433. The molecule has 3 rings (SSSR count). The molecule has 25 heavy (non-hydrogen) atoms. The second-order valence-electron chi connectivity index (χ2n) is 6.27. The van der Waals surface area contributed by atoms with Crippen molar-refractivity contribution < 1.29 is 14.3 Å². The molecule has 1 N–H and O–H groups in total. The number of hydrogen-bond donors (Lipinski definition) is 1. The Hall–Kier alpha value is -2.76. The molecule has 1 aliphatic heterocycles. The largest absolute Gasteiger partial charge is 0.496 e. The van der Waals surface area contributed by atoms with Crippen molar-refractivity contribution in [3.05, 3.63) is 53.3 Å². The van der Waals surface area contributed by atoms with Gasteiger partial charge in [0.2, 0.25) is 5.91 Å². The summed E-state index contributed by atoms with van der Waals surface area (Å²) < 4.78 is 5.32. The third kappa shape index (κ3) is 3.84. The third-order valence-electron chi connectivity index (χ3n) is 4.52. The van der Waals surface area contributed by atoms with Gasteiger partial charge in [-0.3, -0.25) is 9.59 Å².